The average molecular weight is 228 g/mol. The van der Waals surface area contributed by atoms with Gasteiger partial charge in [0.2, 0.25) is 0 Å². The first-order chi connectivity index (χ1) is 7.55. The van der Waals surface area contributed by atoms with Crippen LogP contribution in [-0.4, -0.2) is 38.4 Å². The molecule has 2 aliphatic rings. The topological polar surface area (TPSA) is 41.3 Å². The van der Waals surface area contributed by atoms with E-state index < -0.39 is 0 Å². The van der Waals surface area contributed by atoms with E-state index in [1.807, 2.05) is 0 Å². The first-order valence-corrected chi connectivity index (χ1v) is 6.82. The van der Waals surface area contributed by atoms with Crippen LogP contribution in [0.5, 0.6) is 0 Å². The second kappa shape index (κ2) is 4.63. The van der Waals surface area contributed by atoms with Crippen molar-refractivity contribution in [1.82, 2.24) is 0 Å². The molecular formula is C13H28N2O+2. The third-order valence-electron chi connectivity index (χ3n) is 4.32. The second-order valence-corrected chi connectivity index (χ2v) is 6.42. The highest BCUT2D eigenvalue weighted by atomic mass is 16.5. The van der Waals surface area contributed by atoms with Gasteiger partial charge in [0, 0.05) is 12.0 Å². The number of ether oxygens (including phenoxy) is 1. The first-order valence-electron chi connectivity index (χ1n) is 6.82. The highest BCUT2D eigenvalue weighted by molar-refractivity contribution is 4.91. The van der Waals surface area contributed by atoms with Crippen molar-refractivity contribution in [3.05, 3.63) is 0 Å². The fourth-order valence-corrected chi connectivity index (χ4v) is 3.83. The van der Waals surface area contributed by atoms with Crippen molar-refractivity contribution in [2.75, 3.05) is 32.8 Å². The monoisotopic (exact) mass is 228 g/mol. The predicted molar refractivity (Wildman–Crippen MR) is 64.3 cm³/mol. The van der Waals surface area contributed by atoms with Gasteiger partial charge in [0.05, 0.1) is 18.7 Å². The van der Waals surface area contributed by atoms with Gasteiger partial charge in [-0.3, -0.25) is 0 Å². The Labute approximate surface area is 99.3 Å². The standard InChI is InChI=1S/C13H26N2O/c1-12(2)10-13(5-9-16-12)4-3-7-15(11-13)8-6-14/h3-11,14H2,1-2H3/p+2. The molecule has 2 heterocycles. The number of rotatable bonds is 2. The minimum absolute atomic E-state index is 0.102. The van der Waals surface area contributed by atoms with Crippen LogP contribution in [0.2, 0.25) is 0 Å². The Morgan fingerprint density at radius 1 is 1.31 bits per heavy atom. The van der Waals surface area contributed by atoms with Gasteiger partial charge in [-0.2, -0.15) is 0 Å². The molecule has 2 unspecified atom stereocenters. The molecule has 0 aliphatic carbocycles. The van der Waals surface area contributed by atoms with E-state index in [0.717, 1.165) is 13.2 Å². The van der Waals surface area contributed by atoms with Gasteiger partial charge in [-0.1, -0.05) is 0 Å². The van der Waals surface area contributed by atoms with Gasteiger partial charge in [0.1, 0.15) is 13.1 Å². The fraction of sp³-hybridized carbons (Fsp3) is 1.00. The summed E-state index contributed by atoms with van der Waals surface area (Å²) in [6.07, 6.45) is 5.34. The van der Waals surface area contributed by atoms with Crippen LogP contribution in [0, 0.1) is 5.41 Å². The molecule has 16 heavy (non-hydrogen) atoms. The molecule has 3 heteroatoms. The lowest BCUT2D eigenvalue weighted by molar-refractivity contribution is -0.918. The summed E-state index contributed by atoms with van der Waals surface area (Å²) in [7, 11) is 0. The average Bonchev–Trinajstić information content (AvgIpc) is 2.16. The summed E-state index contributed by atoms with van der Waals surface area (Å²) in [4.78, 5) is 1.78. The lowest BCUT2D eigenvalue weighted by Crippen LogP contribution is -3.15. The van der Waals surface area contributed by atoms with Crippen LogP contribution in [-0.2, 0) is 4.74 Å². The van der Waals surface area contributed by atoms with Gasteiger partial charge in [0.25, 0.3) is 0 Å². The van der Waals surface area contributed by atoms with E-state index >= 15 is 0 Å². The molecule has 0 amide bonds. The molecule has 3 nitrogen and oxygen atoms in total. The minimum atomic E-state index is 0.102. The zero-order chi connectivity index (χ0) is 11.6. The smallest absolute Gasteiger partial charge is 0.127 e. The van der Waals surface area contributed by atoms with Gasteiger partial charge < -0.3 is 15.4 Å². The molecule has 2 aliphatic heterocycles. The van der Waals surface area contributed by atoms with Crippen LogP contribution >= 0.6 is 0 Å². The van der Waals surface area contributed by atoms with Crippen LogP contribution in [0.15, 0.2) is 0 Å². The molecule has 2 atom stereocenters. The molecule has 0 aromatic heterocycles. The van der Waals surface area contributed by atoms with Crippen LogP contribution in [0.4, 0.5) is 0 Å². The van der Waals surface area contributed by atoms with Crippen molar-refractivity contribution in [3.63, 3.8) is 0 Å². The van der Waals surface area contributed by atoms with E-state index in [0.29, 0.717) is 5.41 Å². The summed E-state index contributed by atoms with van der Waals surface area (Å²) in [6.45, 7) is 10.5. The van der Waals surface area contributed by atoms with Crippen molar-refractivity contribution < 1.29 is 15.4 Å². The SMILES string of the molecule is CC1(C)CC2(CCC[NH+](CC[NH3+])C2)CCO1. The van der Waals surface area contributed by atoms with Crippen LogP contribution in [0.3, 0.4) is 0 Å². The van der Waals surface area contributed by atoms with E-state index in [1.54, 1.807) is 4.90 Å². The third kappa shape index (κ3) is 2.76. The Morgan fingerprint density at radius 2 is 2.12 bits per heavy atom. The molecule has 2 rings (SSSR count). The zero-order valence-electron chi connectivity index (χ0n) is 11.0. The highest BCUT2D eigenvalue weighted by Crippen LogP contribution is 2.42. The van der Waals surface area contributed by atoms with E-state index in [4.69, 9.17) is 4.74 Å². The summed E-state index contributed by atoms with van der Waals surface area (Å²) in [5.74, 6) is 0. The van der Waals surface area contributed by atoms with Gasteiger partial charge in [-0.05, 0) is 39.5 Å². The maximum Gasteiger partial charge on any atom is 0.127 e. The second-order valence-electron chi connectivity index (χ2n) is 6.42. The van der Waals surface area contributed by atoms with Crippen molar-refractivity contribution in [2.24, 2.45) is 5.41 Å². The Morgan fingerprint density at radius 3 is 2.81 bits per heavy atom. The lowest BCUT2D eigenvalue weighted by Gasteiger charge is -2.47. The van der Waals surface area contributed by atoms with Gasteiger partial charge >= 0.3 is 0 Å². The van der Waals surface area contributed by atoms with Crippen LogP contribution in [0.25, 0.3) is 0 Å². The summed E-state index contributed by atoms with van der Waals surface area (Å²) in [5.41, 5.74) is 4.67. The van der Waals surface area contributed by atoms with E-state index in [-0.39, 0.29) is 5.60 Å². The van der Waals surface area contributed by atoms with E-state index in [1.165, 1.54) is 45.3 Å². The predicted octanol–water partition coefficient (Wildman–Crippen LogP) is -0.518. The number of hydrogen-bond donors (Lipinski definition) is 2. The Hall–Kier alpha value is -0.120. The van der Waals surface area contributed by atoms with Gasteiger partial charge in [-0.25, -0.2) is 0 Å². The maximum atomic E-state index is 5.87. The van der Waals surface area contributed by atoms with Crippen LogP contribution in [0.1, 0.15) is 39.5 Å². The molecule has 0 radical (unpaired) electrons. The molecule has 0 bridgehead atoms. The molecule has 0 aromatic carbocycles. The number of hydrogen-bond acceptors (Lipinski definition) is 1. The van der Waals surface area contributed by atoms with Crippen LogP contribution < -0.4 is 10.6 Å². The fourth-order valence-electron chi connectivity index (χ4n) is 3.83. The Kier molecular flexibility index (Phi) is 3.57. The summed E-state index contributed by atoms with van der Waals surface area (Å²) < 4.78 is 5.87. The van der Waals surface area contributed by atoms with E-state index in [2.05, 4.69) is 19.6 Å². The Balaban J connectivity index is 2.00. The van der Waals surface area contributed by atoms with Crippen molar-refractivity contribution in [2.45, 2.75) is 45.1 Å². The molecule has 0 saturated carbocycles. The molecular weight excluding hydrogens is 200 g/mol. The first kappa shape index (κ1) is 12.3. The number of piperidine rings is 1. The molecule has 0 aromatic rings. The molecule has 4 N–H and O–H groups in total. The molecule has 94 valence electrons. The summed E-state index contributed by atoms with van der Waals surface area (Å²) >= 11 is 0. The summed E-state index contributed by atoms with van der Waals surface area (Å²) in [6, 6.07) is 0. The van der Waals surface area contributed by atoms with Crippen molar-refractivity contribution in [3.8, 4) is 0 Å². The van der Waals surface area contributed by atoms with Gasteiger partial charge in [-0.15, -0.1) is 0 Å². The lowest BCUT2D eigenvalue weighted by atomic mass is 9.69. The quantitative estimate of drug-likeness (QED) is 0.656. The normalized spacial score (nSPS) is 38.8. The number of quaternary nitrogens is 2. The largest absolute Gasteiger partial charge is 0.376 e. The third-order valence-corrected chi connectivity index (χ3v) is 4.32. The maximum absolute atomic E-state index is 5.87. The molecule has 2 fully saturated rings. The van der Waals surface area contributed by atoms with Crippen molar-refractivity contribution >= 4 is 0 Å². The number of likely N-dealkylation sites (tertiary alicyclic amines) is 1. The summed E-state index contributed by atoms with van der Waals surface area (Å²) in [5, 5.41) is 0. The molecule has 1 spiro atoms. The Bertz CT molecular complexity index is 236. The molecule has 2 saturated heterocycles. The van der Waals surface area contributed by atoms with Crippen molar-refractivity contribution in [1.29, 1.82) is 0 Å². The number of nitrogens with one attached hydrogen (secondary N) is 1. The van der Waals surface area contributed by atoms with Gasteiger partial charge in [0.15, 0.2) is 0 Å². The zero-order valence-corrected chi connectivity index (χ0v) is 11.0. The highest BCUT2D eigenvalue weighted by Gasteiger charge is 2.45. The minimum Gasteiger partial charge on any atom is -0.376 e. The van der Waals surface area contributed by atoms with E-state index in [9.17, 15) is 0 Å².